The molecule has 1 aromatic rings. The molecule has 4 heteroatoms. The predicted octanol–water partition coefficient (Wildman–Crippen LogP) is 3.44. The van der Waals surface area contributed by atoms with Crippen LogP contribution in [0.1, 0.15) is 12.0 Å². The number of halogens is 3. The highest BCUT2D eigenvalue weighted by molar-refractivity contribution is 9.09. The van der Waals surface area contributed by atoms with Gasteiger partial charge in [-0.1, -0.05) is 15.9 Å². The minimum atomic E-state index is -0.642. The third-order valence-electron chi connectivity index (χ3n) is 1.72. The Morgan fingerprint density at radius 3 is 2.64 bits per heavy atom. The zero-order valence-corrected chi connectivity index (χ0v) is 9.40. The van der Waals surface area contributed by atoms with E-state index in [0.29, 0.717) is 12.2 Å². The lowest BCUT2D eigenvalue weighted by Gasteiger charge is -2.09. The molecule has 78 valence electrons. The summed E-state index contributed by atoms with van der Waals surface area (Å²) in [6.45, 7) is 2.05. The minimum Gasteiger partial charge on any atom is -0.490 e. The molecule has 0 heterocycles. The molecule has 0 N–H and O–H groups in total. The van der Waals surface area contributed by atoms with Gasteiger partial charge < -0.3 is 4.74 Å². The van der Waals surface area contributed by atoms with Gasteiger partial charge in [-0.15, -0.1) is 0 Å². The summed E-state index contributed by atoms with van der Waals surface area (Å²) < 4.78 is 31.0. The fourth-order valence-corrected chi connectivity index (χ4v) is 1.33. The van der Waals surface area contributed by atoms with Crippen molar-refractivity contribution < 1.29 is 13.5 Å². The molecule has 0 aliphatic heterocycles. The van der Waals surface area contributed by atoms with E-state index in [1.165, 1.54) is 6.07 Å². The predicted molar refractivity (Wildman–Crippen MR) is 55.0 cm³/mol. The molecular formula is C10H11BrF2O. The molecule has 0 amide bonds. The van der Waals surface area contributed by atoms with Gasteiger partial charge in [0.1, 0.15) is 5.82 Å². The van der Waals surface area contributed by atoms with Crippen LogP contribution in [0.4, 0.5) is 8.78 Å². The van der Waals surface area contributed by atoms with Crippen LogP contribution in [0, 0.1) is 18.6 Å². The molecule has 0 saturated carbocycles. The second kappa shape index (κ2) is 5.29. The van der Waals surface area contributed by atoms with E-state index in [1.54, 1.807) is 6.92 Å². The van der Waals surface area contributed by atoms with Gasteiger partial charge >= 0.3 is 0 Å². The van der Waals surface area contributed by atoms with E-state index >= 15 is 0 Å². The van der Waals surface area contributed by atoms with Gasteiger partial charge in [0.2, 0.25) is 0 Å². The van der Waals surface area contributed by atoms with Crippen molar-refractivity contribution in [2.45, 2.75) is 13.3 Å². The Morgan fingerprint density at radius 2 is 2.07 bits per heavy atom. The van der Waals surface area contributed by atoms with Crippen molar-refractivity contribution in [3.63, 3.8) is 0 Å². The maximum Gasteiger partial charge on any atom is 0.168 e. The zero-order chi connectivity index (χ0) is 10.6. The van der Waals surface area contributed by atoms with E-state index in [-0.39, 0.29) is 5.75 Å². The first-order chi connectivity index (χ1) is 6.65. The van der Waals surface area contributed by atoms with Crippen molar-refractivity contribution >= 4 is 15.9 Å². The van der Waals surface area contributed by atoms with Crippen LogP contribution in [0.5, 0.6) is 5.75 Å². The Hall–Kier alpha value is -0.640. The molecule has 0 saturated heterocycles. The second-order valence-electron chi connectivity index (χ2n) is 2.92. The van der Waals surface area contributed by atoms with Crippen LogP contribution in [0.2, 0.25) is 0 Å². The van der Waals surface area contributed by atoms with Gasteiger partial charge in [-0.3, -0.25) is 0 Å². The highest BCUT2D eigenvalue weighted by Crippen LogP contribution is 2.23. The van der Waals surface area contributed by atoms with E-state index in [9.17, 15) is 8.78 Å². The average molecular weight is 265 g/mol. The second-order valence-corrected chi connectivity index (χ2v) is 3.72. The molecule has 0 atom stereocenters. The summed E-state index contributed by atoms with van der Waals surface area (Å²) in [4.78, 5) is 0. The fourth-order valence-electron chi connectivity index (χ4n) is 1.10. The molecule has 0 aliphatic carbocycles. The Bertz CT molecular complexity index is 292. The van der Waals surface area contributed by atoms with E-state index in [2.05, 4.69) is 15.9 Å². The molecule has 0 aromatic heterocycles. The first kappa shape index (κ1) is 11.4. The van der Waals surface area contributed by atoms with Crippen LogP contribution in [-0.2, 0) is 0 Å². The Balaban J connectivity index is 2.75. The molecule has 1 nitrogen and oxygen atoms in total. The standard InChI is InChI=1S/C10H11BrF2O/c1-7-5-8(12)6-9(13)10(7)14-4-2-3-11/h5-6H,2-4H2,1H3. The summed E-state index contributed by atoms with van der Waals surface area (Å²) in [7, 11) is 0. The van der Waals surface area contributed by atoms with Gasteiger partial charge in [0.05, 0.1) is 6.61 Å². The molecular weight excluding hydrogens is 254 g/mol. The summed E-state index contributed by atoms with van der Waals surface area (Å²) in [6, 6.07) is 2.09. The van der Waals surface area contributed by atoms with Crippen molar-refractivity contribution in [3.05, 3.63) is 29.3 Å². The van der Waals surface area contributed by atoms with Gasteiger partial charge in [-0.05, 0) is 25.0 Å². The van der Waals surface area contributed by atoms with E-state index in [1.807, 2.05) is 0 Å². The number of ether oxygens (including phenoxy) is 1. The molecule has 0 aliphatic rings. The quantitative estimate of drug-likeness (QED) is 0.598. The average Bonchev–Trinajstić information content (AvgIpc) is 2.09. The van der Waals surface area contributed by atoms with Crippen LogP contribution < -0.4 is 4.74 Å². The molecule has 0 radical (unpaired) electrons. The summed E-state index contributed by atoms with van der Waals surface area (Å²) in [5.41, 5.74) is 0.483. The number of aryl methyl sites for hydroxylation is 1. The van der Waals surface area contributed by atoms with Crippen molar-refractivity contribution in [1.29, 1.82) is 0 Å². The number of benzene rings is 1. The molecule has 1 aromatic carbocycles. The zero-order valence-electron chi connectivity index (χ0n) is 7.82. The summed E-state index contributed by atoms with van der Waals surface area (Å²) in [5.74, 6) is -1.07. The van der Waals surface area contributed by atoms with Crippen LogP contribution >= 0.6 is 15.9 Å². The summed E-state index contributed by atoms with van der Waals surface area (Å²) in [5, 5.41) is 0.800. The number of alkyl halides is 1. The largest absolute Gasteiger partial charge is 0.490 e. The van der Waals surface area contributed by atoms with Crippen LogP contribution in [0.25, 0.3) is 0 Å². The minimum absolute atomic E-state index is 0.146. The highest BCUT2D eigenvalue weighted by Gasteiger charge is 2.08. The van der Waals surface area contributed by atoms with Gasteiger partial charge in [0, 0.05) is 11.4 Å². The Labute approximate surface area is 90.2 Å². The topological polar surface area (TPSA) is 9.23 Å². The van der Waals surface area contributed by atoms with Gasteiger partial charge in [0.25, 0.3) is 0 Å². The van der Waals surface area contributed by atoms with Crippen molar-refractivity contribution in [2.75, 3.05) is 11.9 Å². The maximum absolute atomic E-state index is 13.2. The SMILES string of the molecule is Cc1cc(F)cc(F)c1OCCCBr. The lowest BCUT2D eigenvalue weighted by Crippen LogP contribution is -2.02. The van der Waals surface area contributed by atoms with E-state index in [4.69, 9.17) is 4.74 Å². The molecule has 1 rings (SSSR count). The first-order valence-electron chi connectivity index (χ1n) is 4.29. The molecule has 0 fully saturated rings. The molecule has 14 heavy (non-hydrogen) atoms. The number of rotatable bonds is 4. The van der Waals surface area contributed by atoms with Crippen molar-refractivity contribution in [1.82, 2.24) is 0 Å². The van der Waals surface area contributed by atoms with Crippen LogP contribution in [0.15, 0.2) is 12.1 Å². The lowest BCUT2D eigenvalue weighted by molar-refractivity contribution is 0.299. The van der Waals surface area contributed by atoms with Crippen molar-refractivity contribution in [3.8, 4) is 5.75 Å². The summed E-state index contributed by atoms with van der Waals surface area (Å²) >= 11 is 3.24. The maximum atomic E-state index is 13.2. The molecule has 0 spiro atoms. The highest BCUT2D eigenvalue weighted by atomic mass is 79.9. The van der Waals surface area contributed by atoms with Crippen molar-refractivity contribution in [2.24, 2.45) is 0 Å². The monoisotopic (exact) mass is 264 g/mol. The Kier molecular flexibility index (Phi) is 4.32. The smallest absolute Gasteiger partial charge is 0.168 e. The lowest BCUT2D eigenvalue weighted by atomic mass is 10.2. The normalized spacial score (nSPS) is 10.3. The molecule has 0 bridgehead atoms. The van der Waals surface area contributed by atoms with E-state index < -0.39 is 11.6 Å². The molecule has 0 unspecified atom stereocenters. The van der Waals surface area contributed by atoms with Gasteiger partial charge in [-0.25, -0.2) is 8.78 Å². The third-order valence-corrected chi connectivity index (χ3v) is 2.28. The van der Waals surface area contributed by atoms with E-state index in [0.717, 1.165) is 17.8 Å². The van der Waals surface area contributed by atoms with Gasteiger partial charge in [-0.2, -0.15) is 0 Å². The number of hydrogen-bond donors (Lipinski definition) is 0. The van der Waals surface area contributed by atoms with Crippen LogP contribution in [-0.4, -0.2) is 11.9 Å². The number of hydrogen-bond acceptors (Lipinski definition) is 1. The summed E-state index contributed by atoms with van der Waals surface area (Å²) in [6.07, 6.45) is 0.788. The first-order valence-corrected chi connectivity index (χ1v) is 5.41. The Morgan fingerprint density at radius 1 is 1.36 bits per heavy atom. The van der Waals surface area contributed by atoms with Crippen LogP contribution in [0.3, 0.4) is 0 Å². The van der Waals surface area contributed by atoms with Gasteiger partial charge in [0.15, 0.2) is 11.6 Å². The fraction of sp³-hybridized carbons (Fsp3) is 0.400. The third kappa shape index (κ3) is 2.94.